The van der Waals surface area contributed by atoms with Gasteiger partial charge in [0.2, 0.25) is 5.75 Å². The lowest BCUT2D eigenvalue weighted by Gasteiger charge is -2.42. The molecule has 24 heavy (non-hydrogen) atoms. The summed E-state index contributed by atoms with van der Waals surface area (Å²) < 4.78 is 16.9. The van der Waals surface area contributed by atoms with Crippen molar-refractivity contribution < 1.29 is 14.2 Å². The molecule has 2 heterocycles. The zero-order valence-corrected chi connectivity index (χ0v) is 14.5. The largest absolute Gasteiger partial charge is 0.493 e. The number of rotatable bonds is 3. The fourth-order valence-corrected chi connectivity index (χ4v) is 4.16. The minimum atomic E-state index is 0.332. The van der Waals surface area contributed by atoms with E-state index in [4.69, 9.17) is 14.2 Å². The van der Waals surface area contributed by atoms with Crippen molar-refractivity contribution in [2.45, 2.75) is 25.4 Å². The second-order valence-electron chi connectivity index (χ2n) is 6.43. The molecular formula is C20H23NO3. The summed E-state index contributed by atoms with van der Waals surface area (Å²) in [7, 11) is 5.06. The van der Waals surface area contributed by atoms with E-state index in [1.165, 1.54) is 22.3 Å². The quantitative estimate of drug-likeness (QED) is 0.866. The molecule has 1 unspecified atom stereocenters. The summed E-state index contributed by atoms with van der Waals surface area (Å²) in [6, 6.07) is 11.2. The molecule has 0 fully saturated rings. The number of methoxy groups -OCH3 is 3. The van der Waals surface area contributed by atoms with Crippen LogP contribution in [0.15, 0.2) is 30.3 Å². The van der Waals surface area contributed by atoms with E-state index in [2.05, 4.69) is 35.2 Å². The summed E-state index contributed by atoms with van der Waals surface area (Å²) in [4.78, 5) is 2.55. The number of ether oxygens (including phenoxy) is 3. The van der Waals surface area contributed by atoms with Crippen molar-refractivity contribution in [2.24, 2.45) is 0 Å². The molecule has 2 aromatic carbocycles. The first-order valence-corrected chi connectivity index (χ1v) is 8.39. The van der Waals surface area contributed by atoms with Crippen molar-refractivity contribution in [1.29, 1.82) is 0 Å². The Balaban J connectivity index is 1.86. The van der Waals surface area contributed by atoms with E-state index in [0.717, 1.165) is 37.4 Å². The first-order chi connectivity index (χ1) is 11.8. The van der Waals surface area contributed by atoms with Crippen LogP contribution >= 0.6 is 0 Å². The van der Waals surface area contributed by atoms with Gasteiger partial charge in [0.05, 0.1) is 21.3 Å². The summed E-state index contributed by atoms with van der Waals surface area (Å²) in [6.07, 6.45) is 2.01. The van der Waals surface area contributed by atoms with Crippen LogP contribution in [0.2, 0.25) is 0 Å². The average molecular weight is 325 g/mol. The Morgan fingerprint density at radius 2 is 1.67 bits per heavy atom. The topological polar surface area (TPSA) is 30.9 Å². The summed E-state index contributed by atoms with van der Waals surface area (Å²) in [5.74, 6) is 2.26. The van der Waals surface area contributed by atoms with Crippen molar-refractivity contribution in [1.82, 2.24) is 4.90 Å². The lowest BCUT2D eigenvalue weighted by Crippen LogP contribution is -2.39. The molecule has 0 aliphatic carbocycles. The maximum Gasteiger partial charge on any atom is 0.203 e. The Morgan fingerprint density at radius 3 is 2.38 bits per heavy atom. The molecule has 2 aliphatic rings. The zero-order valence-electron chi connectivity index (χ0n) is 14.5. The fraction of sp³-hybridized carbons (Fsp3) is 0.400. The summed E-state index contributed by atoms with van der Waals surface area (Å²) in [5, 5.41) is 0. The van der Waals surface area contributed by atoms with Gasteiger partial charge in [-0.3, -0.25) is 4.90 Å². The van der Waals surface area contributed by atoms with Crippen LogP contribution in [0.5, 0.6) is 17.2 Å². The Morgan fingerprint density at radius 1 is 0.917 bits per heavy atom. The minimum absolute atomic E-state index is 0.332. The third-order valence-electron chi connectivity index (χ3n) is 5.30. The number of hydrogen-bond acceptors (Lipinski definition) is 4. The van der Waals surface area contributed by atoms with E-state index in [0.29, 0.717) is 11.8 Å². The van der Waals surface area contributed by atoms with Gasteiger partial charge in [-0.2, -0.15) is 0 Å². The van der Waals surface area contributed by atoms with Crippen LogP contribution in [-0.2, 0) is 19.4 Å². The van der Waals surface area contributed by atoms with Crippen molar-refractivity contribution in [2.75, 3.05) is 27.9 Å². The van der Waals surface area contributed by atoms with Gasteiger partial charge in [-0.25, -0.2) is 0 Å². The van der Waals surface area contributed by atoms with Crippen LogP contribution in [0.1, 0.15) is 28.3 Å². The van der Waals surface area contributed by atoms with Crippen molar-refractivity contribution in [3.8, 4) is 17.2 Å². The monoisotopic (exact) mass is 325 g/mol. The predicted molar refractivity (Wildman–Crippen MR) is 93.1 cm³/mol. The van der Waals surface area contributed by atoms with Gasteiger partial charge in [-0.1, -0.05) is 24.3 Å². The molecule has 0 aromatic heterocycles. The van der Waals surface area contributed by atoms with E-state index in [-0.39, 0.29) is 0 Å². The highest BCUT2D eigenvalue weighted by atomic mass is 16.5. The molecule has 2 aromatic rings. The standard InChI is InChI=1S/C20H23NO3/c1-22-17-11-14-8-9-21-12-15-7-5-4-6-13(15)10-16(21)18(14)20(24-3)19(17)23-2/h4-7,11,16H,8-10,12H2,1-3H3. The van der Waals surface area contributed by atoms with E-state index in [9.17, 15) is 0 Å². The van der Waals surface area contributed by atoms with Gasteiger partial charge in [0.1, 0.15) is 0 Å². The van der Waals surface area contributed by atoms with E-state index in [1.54, 1.807) is 21.3 Å². The first-order valence-electron chi connectivity index (χ1n) is 8.39. The third kappa shape index (κ3) is 2.25. The second kappa shape index (κ2) is 6.02. The molecule has 4 nitrogen and oxygen atoms in total. The van der Waals surface area contributed by atoms with Gasteiger partial charge >= 0.3 is 0 Å². The van der Waals surface area contributed by atoms with Gasteiger partial charge in [-0.05, 0) is 35.6 Å². The molecule has 0 radical (unpaired) electrons. The zero-order chi connectivity index (χ0) is 16.7. The summed E-state index contributed by atoms with van der Waals surface area (Å²) in [6.45, 7) is 2.06. The first kappa shape index (κ1) is 15.3. The molecule has 0 saturated heterocycles. The van der Waals surface area contributed by atoms with Crippen molar-refractivity contribution in [3.05, 3.63) is 52.6 Å². The van der Waals surface area contributed by atoms with Gasteiger partial charge < -0.3 is 14.2 Å². The molecule has 0 amide bonds. The molecule has 0 bridgehead atoms. The van der Waals surface area contributed by atoms with E-state index in [1.807, 2.05) is 0 Å². The molecule has 0 saturated carbocycles. The third-order valence-corrected chi connectivity index (χ3v) is 5.30. The van der Waals surface area contributed by atoms with Crippen LogP contribution in [0.3, 0.4) is 0 Å². The number of hydrogen-bond donors (Lipinski definition) is 0. The number of fused-ring (bicyclic) bond motifs is 4. The Kier molecular flexibility index (Phi) is 3.85. The molecule has 1 atom stereocenters. The predicted octanol–water partition coefficient (Wildman–Crippen LogP) is 3.37. The van der Waals surface area contributed by atoms with Crippen LogP contribution in [0, 0.1) is 0 Å². The Labute approximate surface area is 142 Å². The average Bonchev–Trinajstić information content (AvgIpc) is 2.64. The SMILES string of the molecule is COc1cc2c(c(OC)c1OC)C1Cc3ccccc3CN1CC2. The van der Waals surface area contributed by atoms with Crippen LogP contribution in [-0.4, -0.2) is 32.8 Å². The summed E-state index contributed by atoms with van der Waals surface area (Å²) in [5.41, 5.74) is 5.45. The van der Waals surface area contributed by atoms with E-state index < -0.39 is 0 Å². The molecule has 0 N–H and O–H groups in total. The van der Waals surface area contributed by atoms with Crippen molar-refractivity contribution >= 4 is 0 Å². The minimum Gasteiger partial charge on any atom is -0.493 e. The Hall–Kier alpha value is -2.20. The number of nitrogens with zero attached hydrogens (tertiary/aromatic N) is 1. The summed E-state index contributed by atoms with van der Waals surface area (Å²) >= 11 is 0. The Bertz CT molecular complexity index is 772. The van der Waals surface area contributed by atoms with E-state index >= 15 is 0 Å². The van der Waals surface area contributed by atoms with Crippen molar-refractivity contribution in [3.63, 3.8) is 0 Å². The molecule has 126 valence electrons. The lowest BCUT2D eigenvalue weighted by molar-refractivity contribution is 0.156. The van der Waals surface area contributed by atoms with Gasteiger partial charge in [0.15, 0.2) is 11.5 Å². The van der Waals surface area contributed by atoms with Gasteiger partial charge in [0.25, 0.3) is 0 Å². The van der Waals surface area contributed by atoms with Gasteiger partial charge in [0, 0.05) is 24.7 Å². The molecule has 4 rings (SSSR count). The maximum absolute atomic E-state index is 5.78. The molecular weight excluding hydrogens is 302 g/mol. The molecule has 2 aliphatic heterocycles. The fourth-order valence-electron chi connectivity index (χ4n) is 4.16. The van der Waals surface area contributed by atoms with Crippen LogP contribution in [0.4, 0.5) is 0 Å². The highest BCUT2D eigenvalue weighted by Crippen LogP contribution is 2.49. The lowest BCUT2D eigenvalue weighted by atomic mass is 9.83. The van der Waals surface area contributed by atoms with Crippen LogP contribution < -0.4 is 14.2 Å². The van der Waals surface area contributed by atoms with Gasteiger partial charge in [-0.15, -0.1) is 0 Å². The second-order valence-corrected chi connectivity index (χ2v) is 6.43. The maximum atomic E-state index is 5.78. The molecule has 0 spiro atoms. The van der Waals surface area contributed by atoms with Crippen LogP contribution in [0.25, 0.3) is 0 Å². The normalized spacial score (nSPS) is 19.0. The number of benzene rings is 2. The highest BCUT2D eigenvalue weighted by Gasteiger charge is 2.36. The highest BCUT2D eigenvalue weighted by molar-refractivity contribution is 5.61. The smallest absolute Gasteiger partial charge is 0.203 e. The molecule has 4 heteroatoms.